The average Bonchev–Trinajstić information content (AvgIpc) is 2.48. The zero-order chi connectivity index (χ0) is 17.5. The van der Waals surface area contributed by atoms with Gasteiger partial charge in [0.2, 0.25) is 0 Å². The Morgan fingerprint density at radius 2 is 1.83 bits per heavy atom. The van der Waals surface area contributed by atoms with E-state index in [1.165, 1.54) is 5.01 Å². The molecule has 0 heterocycles. The summed E-state index contributed by atoms with van der Waals surface area (Å²) < 4.78 is 0. The Kier molecular flexibility index (Phi) is 7.12. The van der Waals surface area contributed by atoms with E-state index in [1.54, 1.807) is 24.3 Å². The number of amides is 2. The molecule has 0 radical (unpaired) electrons. The van der Waals surface area contributed by atoms with E-state index in [1.807, 2.05) is 20.8 Å². The van der Waals surface area contributed by atoms with E-state index in [2.05, 4.69) is 24.2 Å². The zero-order valence-corrected chi connectivity index (χ0v) is 14.8. The molecular weight excluding hydrogens is 312 g/mol. The molecule has 0 bridgehead atoms. The van der Waals surface area contributed by atoms with E-state index in [0.717, 1.165) is 12.8 Å². The Labute approximate surface area is 143 Å². The number of unbranched alkanes of at least 4 members (excludes halogenated alkanes) is 2. The molecule has 1 rings (SSSR count). The third-order valence-electron chi connectivity index (χ3n) is 3.04. The predicted octanol–water partition coefficient (Wildman–Crippen LogP) is 3.81. The molecule has 1 N–H and O–H groups in total. The zero-order valence-electron chi connectivity index (χ0n) is 14.1. The molecule has 2 amide bonds. The van der Waals surface area contributed by atoms with Crippen molar-refractivity contribution in [2.24, 2.45) is 0 Å². The summed E-state index contributed by atoms with van der Waals surface area (Å²) in [6.07, 6.45) is 2.65. The van der Waals surface area contributed by atoms with E-state index < -0.39 is 11.4 Å². The molecule has 5 heteroatoms. The van der Waals surface area contributed by atoms with Gasteiger partial charge in [0, 0.05) is 17.0 Å². The molecule has 0 aliphatic rings. The van der Waals surface area contributed by atoms with Crippen LogP contribution in [0.25, 0.3) is 0 Å². The molecule has 0 fully saturated rings. The Hall–Kier alpha value is -1.99. The molecule has 124 valence electrons. The number of hydrogen-bond acceptors (Lipinski definition) is 2. The van der Waals surface area contributed by atoms with E-state index in [9.17, 15) is 9.59 Å². The number of benzene rings is 1. The van der Waals surface area contributed by atoms with Gasteiger partial charge in [-0.1, -0.05) is 30.9 Å². The molecule has 0 spiro atoms. The Bertz CT molecular complexity index is 607. The third kappa shape index (κ3) is 6.33. The topological polar surface area (TPSA) is 49.4 Å². The van der Waals surface area contributed by atoms with E-state index in [0.29, 0.717) is 17.0 Å². The Balaban J connectivity index is 2.86. The van der Waals surface area contributed by atoms with Crippen LogP contribution in [0.3, 0.4) is 0 Å². The fraction of sp³-hybridized carbons (Fsp3) is 0.444. The van der Waals surface area contributed by atoms with Crippen molar-refractivity contribution >= 4 is 23.4 Å². The summed E-state index contributed by atoms with van der Waals surface area (Å²) in [5.74, 6) is 4.65. The molecule has 0 aliphatic heterocycles. The van der Waals surface area contributed by atoms with Gasteiger partial charge in [-0.25, -0.2) is 5.01 Å². The molecule has 0 aliphatic carbocycles. The van der Waals surface area contributed by atoms with Gasteiger partial charge in [0.1, 0.15) is 0 Å². The van der Waals surface area contributed by atoms with Crippen molar-refractivity contribution in [3.63, 3.8) is 0 Å². The van der Waals surface area contributed by atoms with Crippen molar-refractivity contribution in [2.75, 3.05) is 0 Å². The summed E-state index contributed by atoms with van der Waals surface area (Å²) in [5.41, 5.74) is 2.47. The first-order valence-electron chi connectivity index (χ1n) is 7.65. The van der Waals surface area contributed by atoms with Crippen LogP contribution in [0.4, 0.5) is 0 Å². The maximum atomic E-state index is 12.3. The van der Waals surface area contributed by atoms with Crippen LogP contribution in [0, 0.1) is 11.8 Å². The van der Waals surface area contributed by atoms with Crippen LogP contribution < -0.4 is 5.43 Å². The molecule has 0 saturated heterocycles. The molecule has 0 unspecified atom stereocenters. The second-order valence-electron chi connectivity index (χ2n) is 6.16. The standard InChI is InChI=1S/C18H23ClN2O2/c1-5-6-7-8-9-16(22)21(18(2,3)4)20-17(23)14-10-12-15(19)13-11-14/h10-13H,5-7H2,1-4H3,(H,20,23). The highest BCUT2D eigenvalue weighted by molar-refractivity contribution is 6.30. The molecule has 0 aromatic heterocycles. The highest BCUT2D eigenvalue weighted by Crippen LogP contribution is 2.13. The Morgan fingerprint density at radius 1 is 1.22 bits per heavy atom. The second kappa shape index (κ2) is 8.59. The highest BCUT2D eigenvalue weighted by Gasteiger charge is 2.27. The lowest BCUT2D eigenvalue weighted by molar-refractivity contribution is -0.132. The maximum Gasteiger partial charge on any atom is 0.317 e. The SMILES string of the molecule is CCCCC#CC(=O)N(NC(=O)c1ccc(Cl)cc1)C(C)(C)C. The largest absolute Gasteiger partial charge is 0.317 e. The summed E-state index contributed by atoms with van der Waals surface area (Å²) in [6.45, 7) is 7.57. The fourth-order valence-electron chi connectivity index (χ4n) is 1.75. The van der Waals surface area contributed by atoms with Crippen LogP contribution in [-0.4, -0.2) is 22.4 Å². The smallest absolute Gasteiger partial charge is 0.267 e. The highest BCUT2D eigenvalue weighted by atomic mass is 35.5. The van der Waals surface area contributed by atoms with Crippen LogP contribution in [0.1, 0.15) is 57.3 Å². The van der Waals surface area contributed by atoms with E-state index in [-0.39, 0.29) is 5.91 Å². The summed E-state index contributed by atoms with van der Waals surface area (Å²) in [5, 5.41) is 1.81. The van der Waals surface area contributed by atoms with Crippen LogP contribution in [0.5, 0.6) is 0 Å². The van der Waals surface area contributed by atoms with Crippen LogP contribution in [-0.2, 0) is 4.79 Å². The van der Waals surface area contributed by atoms with Crippen molar-refractivity contribution < 1.29 is 9.59 Å². The molecular formula is C18H23ClN2O2. The normalized spacial score (nSPS) is 10.5. The number of nitrogens with zero attached hydrogens (tertiary/aromatic N) is 1. The van der Waals surface area contributed by atoms with Gasteiger partial charge >= 0.3 is 5.91 Å². The minimum absolute atomic E-state index is 0.375. The van der Waals surface area contributed by atoms with Crippen molar-refractivity contribution in [1.82, 2.24) is 10.4 Å². The lowest BCUT2D eigenvalue weighted by Crippen LogP contribution is -2.55. The van der Waals surface area contributed by atoms with Crippen LogP contribution in [0.15, 0.2) is 24.3 Å². The fourth-order valence-corrected chi connectivity index (χ4v) is 1.88. The lowest BCUT2D eigenvalue weighted by atomic mass is 10.1. The summed E-state index contributed by atoms with van der Waals surface area (Å²) in [4.78, 5) is 24.6. The van der Waals surface area contributed by atoms with Gasteiger partial charge in [-0.2, -0.15) is 0 Å². The average molecular weight is 335 g/mol. The monoisotopic (exact) mass is 334 g/mol. The second-order valence-corrected chi connectivity index (χ2v) is 6.60. The van der Waals surface area contributed by atoms with Crippen molar-refractivity contribution in [3.8, 4) is 11.8 Å². The number of nitrogens with one attached hydrogen (secondary N) is 1. The summed E-state index contributed by atoms with van der Waals surface area (Å²) in [6, 6.07) is 6.47. The van der Waals surface area contributed by atoms with Crippen molar-refractivity contribution in [2.45, 2.75) is 52.5 Å². The van der Waals surface area contributed by atoms with Crippen molar-refractivity contribution in [3.05, 3.63) is 34.9 Å². The van der Waals surface area contributed by atoms with Gasteiger partial charge in [0.05, 0.1) is 5.54 Å². The first-order valence-corrected chi connectivity index (χ1v) is 8.03. The summed E-state index contributed by atoms with van der Waals surface area (Å²) in [7, 11) is 0. The summed E-state index contributed by atoms with van der Waals surface area (Å²) >= 11 is 5.81. The number of hydrazine groups is 1. The number of halogens is 1. The maximum absolute atomic E-state index is 12.3. The van der Waals surface area contributed by atoms with E-state index in [4.69, 9.17) is 11.6 Å². The molecule has 0 atom stereocenters. The first kappa shape index (κ1) is 19.1. The van der Waals surface area contributed by atoms with Crippen LogP contribution >= 0.6 is 11.6 Å². The minimum atomic E-state index is -0.585. The lowest BCUT2D eigenvalue weighted by Gasteiger charge is -2.33. The van der Waals surface area contributed by atoms with Gasteiger partial charge in [-0.05, 0) is 57.4 Å². The number of rotatable bonds is 3. The first-order chi connectivity index (χ1) is 10.8. The van der Waals surface area contributed by atoms with Gasteiger partial charge in [0.15, 0.2) is 0 Å². The van der Waals surface area contributed by atoms with Gasteiger partial charge in [-0.15, -0.1) is 0 Å². The molecule has 0 saturated carbocycles. The van der Waals surface area contributed by atoms with Crippen LogP contribution in [0.2, 0.25) is 5.02 Å². The molecule has 1 aromatic carbocycles. The molecule has 4 nitrogen and oxygen atoms in total. The molecule has 1 aromatic rings. The quantitative estimate of drug-likeness (QED) is 0.519. The van der Waals surface area contributed by atoms with Crippen molar-refractivity contribution in [1.29, 1.82) is 0 Å². The third-order valence-corrected chi connectivity index (χ3v) is 3.30. The number of carbonyl (C=O) groups excluding carboxylic acids is 2. The number of carbonyl (C=O) groups is 2. The Morgan fingerprint density at radius 3 is 2.35 bits per heavy atom. The van der Waals surface area contributed by atoms with E-state index >= 15 is 0 Å². The minimum Gasteiger partial charge on any atom is -0.267 e. The van der Waals surface area contributed by atoms with Gasteiger partial charge in [-0.3, -0.25) is 15.0 Å². The number of hydrogen-bond donors (Lipinski definition) is 1. The van der Waals surface area contributed by atoms with Gasteiger partial charge in [0.25, 0.3) is 5.91 Å². The van der Waals surface area contributed by atoms with Gasteiger partial charge < -0.3 is 0 Å². The molecule has 23 heavy (non-hydrogen) atoms. The predicted molar refractivity (Wildman–Crippen MR) is 92.8 cm³/mol.